The second-order valence-electron chi connectivity index (χ2n) is 2.91. The summed E-state index contributed by atoms with van der Waals surface area (Å²) in [5.74, 6) is 0. The van der Waals surface area contributed by atoms with Crippen LogP contribution < -0.4 is 0 Å². The van der Waals surface area contributed by atoms with Crippen LogP contribution in [0, 0.1) is 6.92 Å². The van der Waals surface area contributed by atoms with E-state index in [1.165, 1.54) is 5.56 Å². The van der Waals surface area contributed by atoms with Crippen molar-refractivity contribution in [1.29, 1.82) is 0 Å². The number of benzene rings is 1. The van der Waals surface area contributed by atoms with Crippen LogP contribution in [0.4, 0.5) is 0 Å². The van der Waals surface area contributed by atoms with Gasteiger partial charge in [0.2, 0.25) is 0 Å². The van der Waals surface area contributed by atoms with Crippen LogP contribution in [0.25, 0.3) is 6.08 Å². The summed E-state index contributed by atoms with van der Waals surface area (Å²) in [4.78, 5) is 0. The van der Waals surface area contributed by atoms with Gasteiger partial charge in [-0.25, -0.2) is 19.1 Å². The predicted octanol–water partition coefficient (Wildman–Crippen LogP) is 4.03. The van der Waals surface area contributed by atoms with E-state index in [9.17, 15) is 0 Å². The quantitative estimate of drug-likeness (QED) is 0.541. The maximum atomic E-state index is 3.60. The van der Waals surface area contributed by atoms with Crippen LogP contribution in [0.15, 0.2) is 60.7 Å². The van der Waals surface area contributed by atoms with Crippen LogP contribution in [0.2, 0.25) is 0 Å². The average Bonchev–Trinajstić information content (AvgIpc) is 2.78. The molecule has 1 heteroatoms. The molecule has 1 aromatic carbocycles. The predicted molar refractivity (Wildman–Crippen MR) is 63.7 cm³/mol. The Morgan fingerprint density at radius 3 is 2.00 bits per heavy atom. The summed E-state index contributed by atoms with van der Waals surface area (Å²) in [6.07, 6.45) is 13.3. The van der Waals surface area contributed by atoms with Crippen molar-refractivity contribution in [2.75, 3.05) is 0 Å². The average molecular weight is 290 g/mol. The van der Waals surface area contributed by atoms with Crippen LogP contribution in [0.5, 0.6) is 0 Å². The first-order valence-corrected chi connectivity index (χ1v) is 4.76. The van der Waals surface area contributed by atoms with Crippen molar-refractivity contribution in [3.05, 3.63) is 73.2 Å². The fraction of sp³-hybridized carbons (Fsp3) is 0.0714. The van der Waals surface area contributed by atoms with Gasteiger partial charge in [-0.3, -0.25) is 0 Å². The molecule has 0 radical (unpaired) electrons. The second-order valence-corrected chi connectivity index (χ2v) is 2.91. The Morgan fingerprint density at radius 2 is 1.60 bits per heavy atom. The summed E-state index contributed by atoms with van der Waals surface area (Å²) >= 11 is 0. The van der Waals surface area contributed by atoms with Gasteiger partial charge in [-0.05, 0) is 6.42 Å². The van der Waals surface area contributed by atoms with Crippen molar-refractivity contribution in [1.82, 2.24) is 0 Å². The van der Waals surface area contributed by atoms with Gasteiger partial charge in [-0.2, -0.15) is 0 Å². The Labute approximate surface area is 106 Å². The normalized spacial score (nSPS) is 12.0. The third-order valence-corrected chi connectivity index (χ3v) is 1.77. The maximum Gasteiger partial charge on any atom is 0 e. The first-order chi connectivity index (χ1) is 6.93. The van der Waals surface area contributed by atoms with Crippen molar-refractivity contribution in [3.8, 4) is 0 Å². The monoisotopic (exact) mass is 289 g/mol. The van der Waals surface area contributed by atoms with E-state index in [1.807, 2.05) is 36.4 Å². The molecule has 0 atom stereocenters. The zero-order valence-electron chi connectivity index (χ0n) is 8.58. The van der Waals surface area contributed by atoms with E-state index >= 15 is 0 Å². The minimum Gasteiger partial charge on any atom is -0.245 e. The van der Waals surface area contributed by atoms with Crippen molar-refractivity contribution in [2.45, 2.75) is 6.42 Å². The molecule has 1 aliphatic rings. The van der Waals surface area contributed by atoms with Crippen molar-refractivity contribution >= 4 is 6.08 Å². The number of rotatable bonds is 1. The summed E-state index contributed by atoms with van der Waals surface area (Å²) in [7, 11) is 0. The molecule has 0 heterocycles. The number of allylic oxidation sites excluding steroid dienone is 5. The van der Waals surface area contributed by atoms with Gasteiger partial charge < -0.3 is 0 Å². The molecule has 0 N–H and O–H groups in total. The minimum absolute atomic E-state index is 0. The molecule has 0 unspecified atom stereocenters. The number of hydrogen-bond donors (Lipinski definition) is 0. The Morgan fingerprint density at radius 1 is 1.00 bits per heavy atom. The van der Waals surface area contributed by atoms with Crippen LogP contribution in [-0.2, 0) is 20.4 Å². The summed E-state index contributed by atoms with van der Waals surface area (Å²) in [6, 6.07) is 10.1. The molecule has 2 rings (SSSR count). The third-order valence-electron chi connectivity index (χ3n) is 1.77. The molecule has 0 aliphatic heterocycles. The molecular formula is C14H15Pd-. The Kier molecular flexibility index (Phi) is 8.87. The molecule has 0 saturated carbocycles. The van der Waals surface area contributed by atoms with Crippen LogP contribution in [0.3, 0.4) is 0 Å². The summed E-state index contributed by atoms with van der Waals surface area (Å²) in [5, 5.41) is 0. The summed E-state index contributed by atoms with van der Waals surface area (Å²) in [5.41, 5.74) is 1.20. The van der Waals surface area contributed by atoms with E-state index in [-0.39, 0.29) is 20.4 Å². The molecule has 0 bridgehead atoms. The van der Waals surface area contributed by atoms with E-state index in [0.29, 0.717) is 0 Å². The standard InChI is InChI=1S/C9H9.C5H6.Pd/c1-2-6-9-7-4-3-5-8-9;1-2-4-5-3-1;/h2-8H,1H2;1-4H,5H2;/q-1;;/b6-2+;;. The van der Waals surface area contributed by atoms with E-state index in [2.05, 4.69) is 31.2 Å². The fourth-order valence-corrected chi connectivity index (χ4v) is 1.09. The van der Waals surface area contributed by atoms with E-state index < -0.39 is 0 Å². The molecule has 0 aromatic heterocycles. The van der Waals surface area contributed by atoms with Gasteiger partial charge in [0.1, 0.15) is 0 Å². The Balaban J connectivity index is 0.000000280. The van der Waals surface area contributed by atoms with Crippen LogP contribution in [-0.4, -0.2) is 0 Å². The zero-order chi connectivity index (χ0) is 10.1. The smallest absolute Gasteiger partial charge is 0 e. The third kappa shape index (κ3) is 6.97. The van der Waals surface area contributed by atoms with Gasteiger partial charge >= 0.3 is 0 Å². The van der Waals surface area contributed by atoms with Crippen molar-refractivity contribution in [3.63, 3.8) is 0 Å². The van der Waals surface area contributed by atoms with Gasteiger partial charge in [0, 0.05) is 20.4 Å². The van der Waals surface area contributed by atoms with E-state index in [1.54, 1.807) is 6.08 Å². The molecule has 0 fully saturated rings. The molecule has 1 aromatic rings. The molecule has 0 nitrogen and oxygen atoms in total. The van der Waals surface area contributed by atoms with Gasteiger partial charge in [0.15, 0.2) is 0 Å². The van der Waals surface area contributed by atoms with E-state index in [0.717, 1.165) is 6.42 Å². The molecule has 0 spiro atoms. The maximum absolute atomic E-state index is 3.60. The van der Waals surface area contributed by atoms with Gasteiger partial charge in [-0.15, -0.1) is 5.56 Å². The Hall–Kier alpha value is -1.03. The molecule has 82 valence electrons. The van der Waals surface area contributed by atoms with Gasteiger partial charge in [0.05, 0.1) is 0 Å². The number of hydrogen-bond acceptors (Lipinski definition) is 0. The Bertz CT molecular complexity index is 310. The molecule has 15 heavy (non-hydrogen) atoms. The first-order valence-electron chi connectivity index (χ1n) is 4.76. The second kappa shape index (κ2) is 9.52. The minimum atomic E-state index is 0. The molecule has 1 aliphatic carbocycles. The van der Waals surface area contributed by atoms with Crippen LogP contribution in [0.1, 0.15) is 12.0 Å². The van der Waals surface area contributed by atoms with Crippen molar-refractivity contribution < 1.29 is 20.4 Å². The SMILES string of the molecule is C1=CCC=C1.[CH2-]/C=C/c1ccccc1.[Pd]. The van der Waals surface area contributed by atoms with Crippen LogP contribution >= 0.6 is 0 Å². The molecule has 0 saturated heterocycles. The molecular weight excluding hydrogens is 275 g/mol. The van der Waals surface area contributed by atoms with Gasteiger partial charge in [0.25, 0.3) is 0 Å². The topological polar surface area (TPSA) is 0 Å². The van der Waals surface area contributed by atoms with Gasteiger partial charge in [-0.1, -0.05) is 54.6 Å². The summed E-state index contributed by atoms with van der Waals surface area (Å²) < 4.78 is 0. The first kappa shape index (κ1) is 14.0. The van der Waals surface area contributed by atoms with Crippen molar-refractivity contribution in [2.24, 2.45) is 0 Å². The molecule has 0 amide bonds. The summed E-state index contributed by atoms with van der Waals surface area (Å²) in [6.45, 7) is 3.60. The largest absolute Gasteiger partial charge is 0.245 e. The zero-order valence-corrected chi connectivity index (χ0v) is 10.1. The fourth-order valence-electron chi connectivity index (χ4n) is 1.09. The van der Waals surface area contributed by atoms with E-state index in [4.69, 9.17) is 0 Å².